The Morgan fingerprint density at radius 1 is 1.27 bits per heavy atom. The molecule has 1 saturated carbocycles. The fraction of sp³-hybridized carbons (Fsp3) is 0.500. The summed E-state index contributed by atoms with van der Waals surface area (Å²) in [7, 11) is 2.10. The van der Waals surface area contributed by atoms with E-state index in [4.69, 9.17) is 10.3 Å². The van der Waals surface area contributed by atoms with Gasteiger partial charge in [0, 0.05) is 24.8 Å². The molecule has 0 atom stereocenters. The third-order valence-electron chi connectivity index (χ3n) is 4.23. The summed E-state index contributed by atoms with van der Waals surface area (Å²) in [5, 5.41) is 4.05. The number of rotatable bonds is 5. The van der Waals surface area contributed by atoms with Crippen LogP contribution < -0.4 is 10.6 Å². The van der Waals surface area contributed by atoms with Gasteiger partial charge in [-0.25, -0.2) is 0 Å². The highest BCUT2D eigenvalue weighted by molar-refractivity contribution is 5.85. The zero-order chi connectivity index (χ0) is 14.9. The van der Waals surface area contributed by atoms with Crippen molar-refractivity contribution < 1.29 is 4.52 Å². The van der Waals surface area contributed by atoms with Gasteiger partial charge in [0.05, 0.1) is 5.54 Å². The first-order chi connectivity index (χ1) is 10.1. The fourth-order valence-electron chi connectivity index (χ4n) is 2.65. The third-order valence-corrected chi connectivity index (χ3v) is 4.23. The standard InChI is InChI=1S/C16H22N4O.ClH/c1-3-11-20(2)13-7-5-12(6-8-13)14-18-15(19-21-14)16(17)9-4-10-16;/h5-8H,3-4,9-11,17H2,1-2H3;1H. The number of nitrogens with two attached hydrogens (primary N) is 1. The minimum Gasteiger partial charge on any atom is -0.375 e. The molecule has 0 saturated heterocycles. The predicted molar refractivity (Wildman–Crippen MR) is 90.3 cm³/mol. The van der Waals surface area contributed by atoms with Crippen LogP contribution in [0.15, 0.2) is 28.8 Å². The van der Waals surface area contributed by atoms with Gasteiger partial charge >= 0.3 is 0 Å². The number of aromatic nitrogens is 2. The quantitative estimate of drug-likeness (QED) is 0.914. The van der Waals surface area contributed by atoms with E-state index in [0.717, 1.165) is 37.8 Å². The first-order valence-electron chi connectivity index (χ1n) is 7.57. The van der Waals surface area contributed by atoms with Crippen molar-refractivity contribution in [3.63, 3.8) is 0 Å². The van der Waals surface area contributed by atoms with E-state index in [-0.39, 0.29) is 17.9 Å². The smallest absolute Gasteiger partial charge is 0.257 e. The summed E-state index contributed by atoms with van der Waals surface area (Å²) in [5.74, 6) is 1.18. The fourth-order valence-corrected chi connectivity index (χ4v) is 2.65. The monoisotopic (exact) mass is 322 g/mol. The van der Waals surface area contributed by atoms with E-state index in [2.05, 4.69) is 41.1 Å². The third kappa shape index (κ3) is 3.10. The molecule has 1 aromatic heterocycles. The van der Waals surface area contributed by atoms with Gasteiger partial charge in [0.2, 0.25) is 0 Å². The molecule has 1 aromatic carbocycles. The summed E-state index contributed by atoms with van der Waals surface area (Å²) in [6.07, 6.45) is 4.14. The molecule has 6 heteroatoms. The molecule has 5 nitrogen and oxygen atoms in total. The molecule has 1 heterocycles. The number of nitrogens with zero attached hydrogens (tertiary/aromatic N) is 3. The Morgan fingerprint density at radius 2 is 1.95 bits per heavy atom. The SMILES string of the molecule is CCCN(C)c1ccc(-c2nc(C3(N)CCC3)no2)cc1.Cl. The molecule has 1 aliphatic carbocycles. The molecule has 0 amide bonds. The Bertz CT molecular complexity index is 607. The van der Waals surface area contributed by atoms with Gasteiger partial charge in [0.15, 0.2) is 5.82 Å². The van der Waals surface area contributed by atoms with Crippen molar-refractivity contribution in [2.75, 3.05) is 18.5 Å². The van der Waals surface area contributed by atoms with E-state index in [1.54, 1.807) is 0 Å². The second-order valence-corrected chi connectivity index (χ2v) is 5.90. The van der Waals surface area contributed by atoms with Gasteiger partial charge in [0.25, 0.3) is 5.89 Å². The van der Waals surface area contributed by atoms with E-state index < -0.39 is 0 Å². The van der Waals surface area contributed by atoms with Crippen molar-refractivity contribution in [1.29, 1.82) is 0 Å². The van der Waals surface area contributed by atoms with Crippen molar-refractivity contribution in [1.82, 2.24) is 10.1 Å². The first kappa shape index (κ1) is 16.8. The van der Waals surface area contributed by atoms with E-state index >= 15 is 0 Å². The lowest BCUT2D eigenvalue weighted by atomic mass is 9.77. The summed E-state index contributed by atoms with van der Waals surface area (Å²) < 4.78 is 5.37. The number of hydrogen-bond donors (Lipinski definition) is 1. The Hall–Kier alpha value is -1.59. The van der Waals surface area contributed by atoms with Crippen LogP contribution in [-0.2, 0) is 5.54 Å². The highest BCUT2D eigenvalue weighted by Crippen LogP contribution is 2.37. The molecule has 1 fully saturated rings. The molecule has 2 N–H and O–H groups in total. The summed E-state index contributed by atoms with van der Waals surface area (Å²) in [6, 6.07) is 8.19. The first-order valence-corrected chi connectivity index (χ1v) is 7.57. The molecule has 0 aliphatic heterocycles. The van der Waals surface area contributed by atoms with Gasteiger partial charge < -0.3 is 15.2 Å². The molecule has 120 valence electrons. The van der Waals surface area contributed by atoms with Crippen molar-refractivity contribution in [2.24, 2.45) is 5.73 Å². The lowest BCUT2D eigenvalue weighted by Crippen LogP contribution is -2.44. The van der Waals surface area contributed by atoms with Crippen molar-refractivity contribution in [3.05, 3.63) is 30.1 Å². The zero-order valence-electron chi connectivity index (χ0n) is 13.1. The van der Waals surface area contributed by atoms with Crippen LogP contribution in [0.1, 0.15) is 38.4 Å². The molecule has 3 rings (SSSR count). The highest BCUT2D eigenvalue weighted by atomic mass is 35.5. The van der Waals surface area contributed by atoms with Crippen LogP contribution >= 0.6 is 12.4 Å². The lowest BCUT2D eigenvalue weighted by Gasteiger charge is -2.34. The van der Waals surface area contributed by atoms with Crippen LogP contribution in [0.5, 0.6) is 0 Å². The van der Waals surface area contributed by atoms with Crippen LogP contribution in [0.4, 0.5) is 5.69 Å². The molecule has 1 aliphatic rings. The van der Waals surface area contributed by atoms with Crippen molar-refractivity contribution in [3.8, 4) is 11.5 Å². The maximum absolute atomic E-state index is 6.22. The molecular formula is C16H23ClN4O. The normalized spacial score (nSPS) is 15.8. The predicted octanol–water partition coefficient (Wildman–Crippen LogP) is 3.34. The van der Waals surface area contributed by atoms with E-state index in [1.165, 1.54) is 5.69 Å². The maximum atomic E-state index is 6.22. The molecule has 0 radical (unpaired) electrons. The van der Waals surface area contributed by atoms with E-state index in [1.807, 2.05) is 12.1 Å². The minimum absolute atomic E-state index is 0. The Balaban J connectivity index is 0.00000176. The largest absolute Gasteiger partial charge is 0.375 e. The summed E-state index contributed by atoms with van der Waals surface area (Å²) in [5.41, 5.74) is 7.97. The Labute approximate surface area is 137 Å². The Kier molecular flexibility index (Phi) is 5.08. The van der Waals surface area contributed by atoms with Gasteiger partial charge in [-0.3, -0.25) is 0 Å². The second kappa shape index (κ2) is 6.67. The maximum Gasteiger partial charge on any atom is 0.257 e. The van der Waals surface area contributed by atoms with Gasteiger partial charge in [-0.05, 0) is 49.9 Å². The van der Waals surface area contributed by atoms with Gasteiger partial charge in [-0.1, -0.05) is 12.1 Å². The van der Waals surface area contributed by atoms with Crippen LogP contribution in [0.3, 0.4) is 0 Å². The summed E-state index contributed by atoms with van der Waals surface area (Å²) >= 11 is 0. The molecule has 0 bridgehead atoms. The van der Waals surface area contributed by atoms with Crippen LogP contribution in [0.2, 0.25) is 0 Å². The Morgan fingerprint density at radius 3 is 2.50 bits per heavy atom. The topological polar surface area (TPSA) is 68.2 Å². The minimum atomic E-state index is -0.372. The van der Waals surface area contributed by atoms with Crippen molar-refractivity contribution in [2.45, 2.75) is 38.1 Å². The van der Waals surface area contributed by atoms with Gasteiger partial charge in [0.1, 0.15) is 0 Å². The van der Waals surface area contributed by atoms with E-state index in [9.17, 15) is 0 Å². The molecule has 22 heavy (non-hydrogen) atoms. The van der Waals surface area contributed by atoms with Crippen LogP contribution in [-0.4, -0.2) is 23.7 Å². The molecular weight excluding hydrogens is 300 g/mol. The van der Waals surface area contributed by atoms with Gasteiger partial charge in [-0.15, -0.1) is 12.4 Å². The number of anilines is 1. The molecule has 0 spiro atoms. The van der Waals surface area contributed by atoms with Gasteiger partial charge in [-0.2, -0.15) is 4.98 Å². The van der Waals surface area contributed by atoms with E-state index in [0.29, 0.717) is 11.7 Å². The van der Waals surface area contributed by atoms with Crippen LogP contribution in [0, 0.1) is 0 Å². The summed E-state index contributed by atoms with van der Waals surface area (Å²) in [6.45, 7) is 3.22. The highest BCUT2D eigenvalue weighted by Gasteiger charge is 2.39. The average molecular weight is 323 g/mol. The number of benzene rings is 1. The zero-order valence-corrected chi connectivity index (χ0v) is 13.9. The molecule has 2 aromatic rings. The lowest BCUT2D eigenvalue weighted by molar-refractivity contribution is 0.229. The van der Waals surface area contributed by atoms with Crippen LogP contribution in [0.25, 0.3) is 11.5 Å². The van der Waals surface area contributed by atoms with Crippen molar-refractivity contribution >= 4 is 18.1 Å². The summed E-state index contributed by atoms with van der Waals surface area (Å²) in [4.78, 5) is 6.70. The average Bonchev–Trinajstić information content (AvgIpc) is 2.95. The molecule has 0 unspecified atom stereocenters. The second-order valence-electron chi connectivity index (χ2n) is 5.90. The number of hydrogen-bond acceptors (Lipinski definition) is 5. The number of halogens is 1.